The lowest BCUT2D eigenvalue weighted by molar-refractivity contribution is 0.0600. The van der Waals surface area contributed by atoms with Gasteiger partial charge >= 0.3 is 0 Å². The van der Waals surface area contributed by atoms with Gasteiger partial charge in [0, 0.05) is 30.4 Å². The van der Waals surface area contributed by atoms with Gasteiger partial charge in [-0.25, -0.2) is 0 Å². The van der Waals surface area contributed by atoms with Crippen LogP contribution in [0.25, 0.3) is 0 Å². The number of H-pyrrole nitrogens is 1. The zero-order valence-electron chi connectivity index (χ0n) is 16.1. The number of hydrogen-bond donors (Lipinski definition) is 1. The van der Waals surface area contributed by atoms with Crippen LogP contribution in [0.4, 0.5) is 0 Å². The van der Waals surface area contributed by atoms with Crippen LogP contribution in [0, 0.1) is 0 Å². The largest absolute Gasteiger partial charge is 0.336 e. The molecule has 1 fully saturated rings. The quantitative estimate of drug-likeness (QED) is 0.852. The summed E-state index contributed by atoms with van der Waals surface area (Å²) >= 11 is 0. The van der Waals surface area contributed by atoms with Crippen molar-refractivity contribution in [3.8, 4) is 0 Å². The van der Waals surface area contributed by atoms with Gasteiger partial charge in [-0.3, -0.25) is 9.89 Å². The van der Waals surface area contributed by atoms with E-state index in [1.165, 1.54) is 36.9 Å². The molecule has 0 radical (unpaired) electrons. The van der Waals surface area contributed by atoms with E-state index < -0.39 is 0 Å². The monoisotopic (exact) mass is 347 g/mol. The van der Waals surface area contributed by atoms with E-state index in [2.05, 4.69) is 41.1 Å². The average molecular weight is 348 g/mol. The van der Waals surface area contributed by atoms with E-state index in [0.29, 0.717) is 11.7 Å². The predicted molar refractivity (Wildman–Crippen MR) is 100.0 cm³/mol. The number of likely N-dealkylation sites (tertiary alicyclic amines) is 1. The summed E-state index contributed by atoms with van der Waals surface area (Å²) in [7, 11) is 6.43. The molecule has 6 heteroatoms. The van der Waals surface area contributed by atoms with Gasteiger partial charge in [-0.15, -0.1) is 0 Å². The number of nitrogens with one attached hydrogen (secondary N) is 1. The number of likely N-dealkylation sites (N-methyl/N-ethyl adjacent to an activating group) is 1. The molecule has 1 saturated heterocycles. The first kappa shape index (κ1) is 18.4. The van der Waals surface area contributed by atoms with Crippen LogP contribution in [0.3, 0.4) is 0 Å². The lowest BCUT2D eigenvalue weighted by atomic mass is 9.95. The van der Waals surface area contributed by atoms with E-state index in [1.54, 1.807) is 0 Å². The van der Waals surface area contributed by atoms with E-state index in [1.807, 2.05) is 4.90 Å². The Bertz CT molecular complexity index is 582. The van der Waals surface area contributed by atoms with Crippen molar-refractivity contribution in [2.75, 3.05) is 47.3 Å². The Kier molecular flexibility index (Phi) is 6.12. The number of nitrogens with zero attached hydrogens (tertiary/aromatic N) is 4. The molecule has 6 nitrogen and oxygen atoms in total. The number of piperidine rings is 1. The minimum Gasteiger partial charge on any atom is -0.336 e. The number of rotatable bonds is 6. The van der Waals surface area contributed by atoms with Gasteiger partial charge < -0.3 is 14.7 Å². The molecule has 1 amide bonds. The summed E-state index contributed by atoms with van der Waals surface area (Å²) in [5, 5.41) is 7.48. The fourth-order valence-electron chi connectivity index (χ4n) is 4.13. The van der Waals surface area contributed by atoms with E-state index >= 15 is 0 Å². The lowest BCUT2D eigenvalue weighted by Gasteiger charge is -2.37. The molecule has 1 aromatic heterocycles. The summed E-state index contributed by atoms with van der Waals surface area (Å²) < 4.78 is 0. The Balaban J connectivity index is 1.59. The van der Waals surface area contributed by atoms with Crippen molar-refractivity contribution in [3.63, 3.8) is 0 Å². The molecular formula is C19H33N5O. The topological polar surface area (TPSA) is 55.5 Å². The van der Waals surface area contributed by atoms with Crippen molar-refractivity contribution in [1.82, 2.24) is 24.9 Å². The first-order valence-corrected chi connectivity index (χ1v) is 9.76. The van der Waals surface area contributed by atoms with Crippen LogP contribution in [0.15, 0.2) is 0 Å². The molecule has 1 aliphatic heterocycles. The van der Waals surface area contributed by atoms with Gasteiger partial charge in [-0.2, -0.15) is 5.10 Å². The minimum atomic E-state index is 0.130. The Morgan fingerprint density at radius 2 is 2.00 bits per heavy atom. The summed E-state index contributed by atoms with van der Waals surface area (Å²) in [6.45, 7) is 3.89. The first-order valence-electron chi connectivity index (χ1n) is 9.76. The second-order valence-electron chi connectivity index (χ2n) is 7.92. The Labute approximate surface area is 151 Å². The van der Waals surface area contributed by atoms with Crippen molar-refractivity contribution in [2.45, 2.75) is 51.0 Å². The van der Waals surface area contributed by atoms with Crippen LogP contribution in [0.5, 0.6) is 0 Å². The number of aromatic amines is 1. The zero-order valence-corrected chi connectivity index (χ0v) is 16.1. The highest BCUT2D eigenvalue weighted by Crippen LogP contribution is 2.24. The van der Waals surface area contributed by atoms with Gasteiger partial charge in [0.1, 0.15) is 0 Å². The van der Waals surface area contributed by atoms with Crippen molar-refractivity contribution >= 4 is 5.91 Å². The highest BCUT2D eigenvalue weighted by atomic mass is 16.2. The van der Waals surface area contributed by atoms with E-state index in [0.717, 1.165) is 45.4 Å². The van der Waals surface area contributed by atoms with Crippen molar-refractivity contribution < 1.29 is 4.79 Å². The molecule has 2 heterocycles. The number of fused-ring (bicyclic) bond motifs is 1. The van der Waals surface area contributed by atoms with Gasteiger partial charge in [0.25, 0.3) is 5.91 Å². The van der Waals surface area contributed by atoms with Crippen LogP contribution in [-0.2, 0) is 12.8 Å². The van der Waals surface area contributed by atoms with E-state index in [4.69, 9.17) is 0 Å². The van der Waals surface area contributed by atoms with E-state index in [9.17, 15) is 4.79 Å². The maximum Gasteiger partial charge on any atom is 0.274 e. The average Bonchev–Trinajstić information content (AvgIpc) is 3.05. The van der Waals surface area contributed by atoms with Crippen molar-refractivity contribution in [2.24, 2.45) is 0 Å². The van der Waals surface area contributed by atoms with Crippen LogP contribution in [-0.4, -0.2) is 84.2 Å². The van der Waals surface area contributed by atoms with Gasteiger partial charge in [0.15, 0.2) is 5.69 Å². The summed E-state index contributed by atoms with van der Waals surface area (Å²) in [5.41, 5.74) is 3.05. The molecule has 0 aromatic carbocycles. The first-order chi connectivity index (χ1) is 12.1. The summed E-state index contributed by atoms with van der Waals surface area (Å²) in [5.74, 6) is 0.130. The molecule has 3 rings (SSSR count). The number of hydrogen-bond acceptors (Lipinski definition) is 4. The molecule has 1 aliphatic carbocycles. The van der Waals surface area contributed by atoms with Crippen LogP contribution >= 0.6 is 0 Å². The van der Waals surface area contributed by atoms with E-state index in [-0.39, 0.29) is 5.91 Å². The minimum absolute atomic E-state index is 0.130. The summed E-state index contributed by atoms with van der Waals surface area (Å²) in [4.78, 5) is 19.7. The molecule has 0 saturated carbocycles. The van der Waals surface area contributed by atoms with Crippen LogP contribution < -0.4 is 0 Å². The van der Waals surface area contributed by atoms with Crippen molar-refractivity contribution in [1.29, 1.82) is 0 Å². The molecule has 1 aromatic rings. The van der Waals surface area contributed by atoms with Crippen LogP contribution in [0.2, 0.25) is 0 Å². The number of aromatic nitrogens is 2. The molecule has 0 spiro atoms. The number of aryl methyl sites for hydroxylation is 1. The molecule has 0 bridgehead atoms. The molecule has 0 unspecified atom stereocenters. The molecule has 1 atom stereocenters. The fourth-order valence-corrected chi connectivity index (χ4v) is 4.13. The standard InChI is InChI=1S/C19H33N5O/c1-22(2)11-7-12-23(3)15-8-6-13-24(14-15)19(25)18-16-9-4-5-10-17(16)20-21-18/h15H,4-14H2,1-3H3,(H,20,21)/t15-/m1/s1. The molecule has 25 heavy (non-hydrogen) atoms. The van der Waals surface area contributed by atoms with Gasteiger partial charge in [0.2, 0.25) is 0 Å². The molecule has 1 N–H and O–H groups in total. The summed E-state index contributed by atoms with van der Waals surface area (Å²) in [6.07, 6.45) is 7.83. The fraction of sp³-hybridized carbons (Fsp3) is 0.789. The SMILES string of the molecule is CN(C)CCCN(C)[C@@H]1CCCN(C(=O)c2n[nH]c3c2CCCC3)C1. The maximum atomic E-state index is 13.0. The number of carbonyl (C=O) groups is 1. The normalized spacial score (nSPS) is 21.0. The maximum absolute atomic E-state index is 13.0. The Hall–Kier alpha value is -1.40. The lowest BCUT2D eigenvalue weighted by Crippen LogP contribution is -2.49. The zero-order chi connectivity index (χ0) is 17.8. The molecule has 140 valence electrons. The second kappa shape index (κ2) is 8.32. The molecular weight excluding hydrogens is 314 g/mol. The Morgan fingerprint density at radius 3 is 2.80 bits per heavy atom. The van der Waals surface area contributed by atoms with Gasteiger partial charge in [0.05, 0.1) is 0 Å². The third-order valence-electron chi connectivity index (χ3n) is 5.68. The second-order valence-corrected chi connectivity index (χ2v) is 7.92. The number of amides is 1. The van der Waals surface area contributed by atoms with Crippen molar-refractivity contribution in [3.05, 3.63) is 17.0 Å². The smallest absolute Gasteiger partial charge is 0.274 e. The van der Waals surface area contributed by atoms with Gasteiger partial charge in [-0.05, 0) is 79.2 Å². The third kappa shape index (κ3) is 4.42. The van der Waals surface area contributed by atoms with Gasteiger partial charge in [-0.1, -0.05) is 0 Å². The number of carbonyl (C=O) groups excluding carboxylic acids is 1. The highest BCUT2D eigenvalue weighted by Gasteiger charge is 2.30. The highest BCUT2D eigenvalue weighted by molar-refractivity contribution is 5.94. The third-order valence-corrected chi connectivity index (χ3v) is 5.68. The Morgan fingerprint density at radius 1 is 1.20 bits per heavy atom. The summed E-state index contributed by atoms with van der Waals surface area (Å²) in [6, 6.07) is 0.467. The van der Waals surface area contributed by atoms with Crippen LogP contribution in [0.1, 0.15) is 53.8 Å². The molecule has 2 aliphatic rings. The predicted octanol–water partition coefficient (Wildman–Crippen LogP) is 1.78.